The van der Waals surface area contributed by atoms with Gasteiger partial charge in [-0.05, 0) is 17.5 Å². The van der Waals surface area contributed by atoms with Crippen LogP contribution >= 0.6 is 0 Å². The highest BCUT2D eigenvalue weighted by atomic mass is 16.6. The second-order valence-corrected chi connectivity index (χ2v) is 7.85. The number of nitrogens with two attached hydrogens (primary N) is 1. The summed E-state index contributed by atoms with van der Waals surface area (Å²) in [5.41, 5.74) is 6.37. The molecule has 0 unspecified atom stereocenters. The van der Waals surface area contributed by atoms with E-state index in [2.05, 4.69) is 10.6 Å². The maximum atomic E-state index is 12.9. The number of non-ortho nitro benzene ring substituents is 1. The van der Waals surface area contributed by atoms with Crippen molar-refractivity contribution in [3.63, 3.8) is 0 Å². The Hall–Kier alpha value is -4.15. The molecule has 0 aliphatic rings. The number of benzene rings is 2. The van der Waals surface area contributed by atoms with E-state index in [0.29, 0.717) is 11.3 Å². The fraction of sp³-hybridized carbons (Fsp3) is 0.348. The highest BCUT2D eigenvalue weighted by Gasteiger charge is 2.29. The molecule has 34 heavy (non-hydrogen) atoms. The number of methoxy groups -OCH3 is 1. The number of amides is 3. The van der Waals surface area contributed by atoms with Crippen LogP contribution in [0.4, 0.5) is 10.5 Å². The average molecular weight is 472 g/mol. The summed E-state index contributed by atoms with van der Waals surface area (Å²) in [7, 11) is 1.38. The number of nitrogens with zero attached hydrogens (tertiary/aromatic N) is 1. The lowest BCUT2D eigenvalue weighted by Crippen LogP contribution is -2.55. The van der Waals surface area contributed by atoms with E-state index in [0.717, 1.165) is 5.56 Å². The van der Waals surface area contributed by atoms with Crippen LogP contribution < -0.4 is 21.1 Å². The molecular formula is C23H28N4O7. The lowest BCUT2D eigenvalue weighted by Gasteiger charge is -2.24. The first-order valence-corrected chi connectivity index (χ1v) is 10.5. The maximum Gasteiger partial charge on any atom is 0.408 e. The van der Waals surface area contributed by atoms with E-state index in [4.69, 9.17) is 15.2 Å². The minimum Gasteiger partial charge on any atom is -0.496 e. The standard InChI is InChI=1S/C23H28N4O7/c1-14(2)20(26-23(30)34-13-15-7-5-4-6-8-15)22(29)25-18(21(24)28)12-16-11-17(27(31)32)9-10-19(16)33-3/h4-11,14,18,20H,12-13H2,1-3H3,(H2,24,28)(H,25,29)(H,26,30)/t18-,20+/m0/s1. The monoisotopic (exact) mass is 472 g/mol. The molecule has 2 aromatic carbocycles. The van der Waals surface area contributed by atoms with Crippen LogP contribution in [0.2, 0.25) is 0 Å². The van der Waals surface area contributed by atoms with Crippen LogP contribution in [0, 0.1) is 16.0 Å². The van der Waals surface area contributed by atoms with Gasteiger partial charge in [-0.25, -0.2) is 4.79 Å². The molecule has 2 atom stereocenters. The highest BCUT2D eigenvalue weighted by molar-refractivity contribution is 5.91. The van der Waals surface area contributed by atoms with Crippen molar-refractivity contribution in [2.45, 2.75) is 39.0 Å². The number of nitro groups is 1. The van der Waals surface area contributed by atoms with Gasteiger partial charge in [0.15, 0.2) is 0 Å². The number of hydrogen-bond acceptors (Lipinski definition) is 7. The topological polar surface area (TPSA) is 163 Å². The fourth-order valence-electron chi connectivity index (χ4n) is 3.17. The fourth-order valence-corrected chi connectivity index (χ4v) is 3.17. The van der Waals surface area contributed by atoms with E-state index in [1.54, 1.807) is 38.1 Å². The van der Waals surface area contributed by atoms with Crippen molar-refractivity contribution in [3.05, 3.63) is 69.8 Å². The number of primary amides is 1. The molecule has 0 aromatic heterocycles. The molecule has 0 heterocycles. The molecule has 4 N–H and O–H groups in total. The van der Waals surface area contributed by atoms with Gasteiger partial charge in [-0.3, -0.25) is 19.7 Å². The lowest BCUT2D eigenvalue weighted by molar-refractivity contribution is -0.384. The van der Waals surface area contributed by atoms with Gasteiger partial charge in [0, 0.05) is 24.1 Å². The Morgan fingerprint density at radius 1 is 1.09 bits per heavy atom. The molecule has 0 aliphatic heterocycles. The Morgan fingerprint density at radius 2 is 1.76 bits per heavy atom. The van der Waals surface area contributed by atoms with Gasteiger partial charge in [0.1, 0.15) is 24.4 Å². The Bertz CT molecular complexity index is 1030. The SMILES string of the molecule is COc1ccc([N+](=O)[O-])cc1C[C@H](NC(=O)[C@H](NC(=O)OCc1ccccc1)C(C)C)C(N)=O. The summed E-state index contributed by atoms with van der Waals surface area (Å²) >= 11 is 0. The van der Waals surface area contributed by atoms with Crippen molar-refractivity contribution in [1.82, 2.24) is 10.6 Å². The van der Waals surface area contributed by atoms with Crippen LogP contribution in [0.25, 0.3) is 0 Å². The number of carbonyl (C=O) groups is 3. The summed E-state index contributed by atoms with van der Waals surface area (Å²) in [5, 5.41) is 16.1. The van der Waals surface area contributed by atoms with Crippen molar-refractivity contribution in [2.75, 3.05) is 7.11 Å². The quantitative estimate of drug-likeness (QED) is 0.333. The third-order valence-corrected chi connectivity index (χ3v) is 4.99. The van der Waals surface area contributed by atoms with Crippen molar-refractivity contribution >= 4 is 23.6 Å². The predicted molar refractivity (Wildman–Crippen MR) is 123 cm³/mol. The zero-order valence-electron chi connectivity index (χ0n) is 19.1. The van der Waals surface area contributed by atoms with Crippen molar-refractivity contribution in [3.8, 4) is 5.75 Å². The van der Waals surface area contributed by atoms with Gasteiger partial charge in [0.25, 0.3) is 5.69 Å². The molecule has 0 saturated carbocycles. The normalized spacial score (nSPS) is 12.4. The molecule has 0 aliphatic carbocycles. The number of alkyl carbamates (subject to hydrolysis) is 1. The van der Waals surface area contributed by atoms with Gasteiger partial charge in [-0.1, -0.05) is 44.2 Å². The summed E-state index contributed by atoms with van der Waals surface area (Å²) in [5.74, 6) is -1.55. The predicted octanol–water partition coefficient (Wildman–Crippen LogP) is 2.07. The second-order valence-electron chi connectivity index (χ2n) is 7.85. The van der Waals surface area contributed by atoms with Crippen LogP contribution in [0.5, 0.6) is 5.75 Å². The van der Waals surface area contributed by atoms with Gasteiger partial charge in [0.05, 0.1) is 12.0 Å². The van der Waals surface area contributed by atoms with Crippen molar-refractivity contribution < 1.29 is 28.8 Å². The number of ether oxygens (including phenoxy) is 2. The summed E-state index contributed by atoms with van der Waals surface area (Å²) in [4.78, 5) is 47.7. The Labute approximate surface area is 196 Å². The molecular weight excluding hydrogens is 444 g/mol. The highest BCUT2D eigenvalue weighted by Crippen LogP contribution is 2.25. The number of rotatable bonds is 11. The number of nitrogens with one attached hydrogen (secondary N) is 2. The Morgan fingerprint density at radius 3 is 2.32 bits per heavy atom. The van der Waals surface area contributed by atoms with E-state index in [9.17, 15) is 24.5 Å². The van der Waals surface area contributed by atoms with Gasteiger partial charge >= 0.3 is 6.09 Å². The Kier molecular flexibility index (Phi) is 9.36. The van der Waals surface area contributed by atoms with Gasteiger partial charge < -0.3 is 25.8 Å². The van der Waals surface area contributed by atoms with Gasteiger partial charge in [-0.2, -0.15) is 0 Å². The smallest absolute Gasteiger partial charge is 0.408 e. The Balaban J connectivity index is 2.10. The maximum absolute atomic E-state index is 12.9. The van der Waals surface area contributed by atoms with Crippen LogP contribution in [0.1, 0.15) is 25.0 Å². The number of hydrogen-bond donors (Lipinski definition) is 3. The van der Waals surface area contributed by atoms with E-state index in [1.807, 2.05) is 6.07 Å². The first-order chi connectivity index (χ1) is 16.1. The molecule has 2 aromatic rings. The summed E-state index contributed by atoms with van der Waals surface area (Å²) < 4.78 is 10.4. The summed E-state index contributed by atoms with van der Waals surface area (Å²) in [6, 6.07) is 10.7. The van der Waals surface area contributed by atoms with E-state index < -0.39 is 34.9 Å². The molecule has 3 amide bonds. The number of nitro benzene ring substituents is 1. The molecule has 11 nitrogen and oxygen atoms in total. The molecule has 0 radical (unpaired) electrons. The molecule has 0 fully saturated rings. The third-order valence-electron chi connectivity index (χ3n) is 4.99. The minimum absolute atomic E-state index is 0.0234. The first-order valence-electron chi connectivity index (χ1n) is 10.5. The van der Waals surface area contributed by atoms with E-state index in [1.165, 1.54) is 25.3 Å². The largest absolute Gasteiger partial charge is 0.496 e. The second kappa shape index (κ2) is 12.2. The average Bonchev–Trinajstić information content (AvgIpc) is 2.80. The van der Waals surface area contributed by atoms with Gasteiger partial charge in [-0.15, -0.1) is 0 Å². The minimum atomic E-state index is -1.20. The molecule has 0 saturated heterocycles. The zero-order chi connectivity index (χ0) is 25.3. The zero-order valence-corrected chi connectivity index (χ0v) is 19.1. The van der Waals surface area contributed by atoms with Crippen LogP contribution in [-0.4, -0.2) is 42.0 Å². The number of carbonyl (C=O) groups excluding carboxylic acids is 3. The summed E-state index contributed by atoms with van der Waals surface area (Å²) in [6.45, 7) is 3.45. The van der Waals surface area contributed by atoms with E-state index >= 15 is 0 Å². The summed E-state index contributed by atoms with van der Waals surface area (Å²) in [6.07, 6.45) is -0.941. The molecule has 0 bridgehead atoms. The van der Waals surface area contributed by atoms with Crippen molar-refractivity contribution in [2.24, 2.45) is 11.7 Å². The van der Waals surface area contributed by atoms with E-state index in [-0.39, 0.29) is 24.6 Å². The molecule has 0 spiro atoms. The van der Waals surface area contributed by atoms with Gasteiger partial charge in [0.2, 0.25) is 11.8 Å². The molecule has 2 rings (SSSR count). The van der Waals surface area contributed by atoms with Crippen molar-refractivity contribution in [1.29, 1.82) is 0 Å². The molecule has 182 valence electrons. The lowest BCUT2D eigenvalue weighted by atomic mass is 10.0. The first kappa shape index (κ1) is 26.1. The van der Waals surface area contributed by atoms with Crippen LogP contribution in [-0.2, 0) is 27.4 Å². The molecule has 11 heteroatoms. The van der Waals surface area contributed by atoms with Crippen LogP contribution in [0.3, 0.4) is 0 Å². The van der Waals surface area contributed by atoms with Crippen LogP contribution in [0.15, 0.2) is 48.5 Å². The third kappa shape index (κ3) is 7.47.